The lowest BCUT2D eigenvalue weighted by Crippen LogP contribution is -2.31. The minimum absolute atomic E-state index is 0.0760. The Balaban J connectivity index is 2.40. The molecule has 0 amide bonds. The van der Waals surface area contributed by atoms with Gasteiger partial charge in [0.1, 0.15) is 5.82 Å². The Morgan fingerprint density at radius 1 is 1.38 bits per heavy atom. The maximum atomic E-state index is 12.7. The summed E-state index contributed by atoms with van der Waals surface area (Å²) in [5.41, 5.74) is 0.992. The van der Waals surface area contributed by atoms with Crippen molar-refractivity contribution in [1.29, 1.82) is 0 Å². The quantitative estimate of drug-likeness (QED) is 0.773. The average Bonchev–Trinajstić information content (AvgIpc) is 2.27. The third kappa shape index (κ3) is 4.26. The number of rotatable bonds is 6. The Morgan fingerprint density at radius 3 is 2.56 bits per heavy atom. The van der Waals surface area contributed by atoms with E-state index in [1.807, 2.05) is 6.92 Å². The monoisotopic (exact) mass is 227 g/mol. The van der Waals surface area contributed by atoms with Crippen LogP contribution in [0.4, 0.5) is 4.39 Å². The van der Waals surface area contributed by atoms with E-state index in [1.54, 1.807) is 19.2 Å². The van der Waals surface area contributed by atoms with Crippen LogP contribution in [-0.2, 0) is 4.74 Å². The largest absolute Gasteiger partial charge is 0.389 e. The van der Waals surface area contributed by atoms with Gasteiger partial charge in [0, 0.05) is 19.7 Å². The van der Waals surface area contributed by atoms with Crippen molar-refractivity contribution >= 4 is 0 Å². The summed E-state index contributed by atoms with van der Waals surface area (Å²) in [4.78, 5) is 0. The molecule has 0 saturated carbocycles. The van der Waals surface area contributed by atoms with E-state index in [-0.39, 0.29) is 11.9 Å². The molecule has 0 heterocycles. The highest BCUT2D eigenvalue weighted by molar-refractivity contribution is 5.19. The van der Waals surface area contributed by atoms with Gasteiger partial charge >= 0.3 is 0 Å². The molecule has 1 aromatic rings. The number of aliphatic hydroxyl groups excluding tert-OH is 1. The molecule has 16 heavy (non-hydrogen) atoms. The molecule has 0 radical (unpaired) electrons. The lowest BCUT2D eigenvalue weighted by molar-refractivity contribution is 0.0630. The number of halogens is 1. The molecule has 2 atom stereocenters. The molecule has 4 heteroatoms. The fourth-order valence-electron chi connectivity index (χ4n) is 1.43. The van der Waals surface area contributed by atoms with Crippen molar-refractivity contribution in [3.8, 4) is 0 Å². The molecule has 0 saturated heterocycles. The Hall–Kier alpha value is -0.970. The van der Waals surface area contributed by atoms with E-state index < -0.39 is 6.10 Å². The summed E-state index contributed by atoms with van der Waals surface area (Å²) in [5.74, 6) is -0.240. The standard InChI is InChI=1S/C12H18FNO2/c1-9(14-7-12(15)8-16-2)10-3-5-11(13)6-4-10/h3-6,9,12,14-15H,7-8H2,1-2H3. The normalized spacial score (nSPS) is 14.8. The van der Waals surface area contributed by atoms with E-state index in [1.165, 1.54) is 12.1 Å². The molecule has 1 aromatic carbocycles. The summed E-state index contributed by atoms with van der Waals surface area (Å²) in [6.45, 7) is 2.72. The highest BCUT2D eigenvalue weighted by Crippen LogP contribution is 2.12. The van der Waals surface area contributed by atoms with Crippen molar-refractivity contribution in [1.82, 2.24) is 5.32 Å². The zero-order valence-electron chi connectivity index (χ0n) is 9.61. The van der Waals surface area contributed by atoms with Gasteiger partial charge in [-0.2, -0.15) is 0 Å². The second-order valence-corrected chi connectivity index (χ2v) is 3.79. The lowest BCUT2D eigenvalue weighted by Gasteiger charge is -2.17. The highest BCUT2D eigenvalue weighted by Gasteiger charge is 2.08. The van der Waals surface area contributed by atoms with Crippen LogP contribution in [-0.4, -0.2) is 31.5 Å². The second-order valence-electron chi connectivity index (χ2n) is 3.79. The van der Waals surface area contributed by atoms with E-state index in [0.717, 1.165) is 5.56 Å². The van der Waals surface area contributed by atoms with E-state index >= 15 is 0 Å². The van der Waals surface area contributed by atoms with Crippen molar-refractivity contribution in [2.75, 3.05) is 20.3 Å². The van der Waals surface area contributed by atoms with Crippen molar-refractivity contribution in [2.45, 2.75) is 19.1 Å². The van der Waals surface area contributed by atoms with Gasteiger partial charge in [0.2, 0.25) is 0 Å². The van der Waals surface area contributed by atoms with Gasteiger partial charge < -0.3 is 15.2 Å². The first-order chi connectivity index (χ1) is 7.63. The molecule has 0 aliphatic heterocycles. The molecular formula is C12H18FNO2. The van der Waals surface area contributed by atoms with Crippen LogP contribution in [0.25, 0.3) is 0 Å². The van der Waals surface area contributed by atoms with Gasteiger partial charge in [-0.05, 0) is 24.6 Å². The van der Waals surface area contributed by atoms with E-state index in [4.69, 9.17) is 4.74 Å². The van der Waals surface area contributed by atoms with Crippen LogP contribution < -0.4 is 5.32 Å². The lowest BCUT2D eigenvalue weighted by atomic mass is 10.1. The number of nitrogens with one attached hydrogen (secondary N) is 1. The smallest absolute Gasteiger partial charge is 0.123 e. The molecule has 0 spiro atoms. The molecule has 0 aliphatic carbocycles. The van der Waals surface area contributed by atoms with Gasteiger partial charge in [0.05, 0.1) is 12.7 Å². The van der Waals surface area contributed by atoms with Crippen molar-refractivity contribution < 1.29 is 14.2 Å². The Morgan fingerprint density at radius 2 is 2.00 bits per heavy atom. The van der Waals surface area contributed by atoms with Crippen LogP contribution in [0.1, 0.15) is 18.5 Å². The summed E-state index contributed by atoms with van der Waals surface area (Å²) in [6, 6.07) is 6.40. The van der Waals surface area contributed by atoms with Crippen LogP contribution in [0.15, 0.2) is 24.3 Å². The fourth-order valence-corrected chi connectivity index (χ4v) is 1.43. The molecule has 0 aliphatic rings. The van der Waals surface area contributed by atoms with Gasteiger partial charge in [-0.1, -0.05) is 12.1 Å². The summed E-state index contributed by atoms with van der Waals surface area (Å²) in [6.07, 6.45) is -0.520. The van der Waals surface area contributed by atoms with Crippen LogP contribution in [0.3, 0.4) is 0 Å². The van der Waals surface area contributed by atoms with Crippen LogP contribution in [0.2, 0.25) is 0 Å². The molecular weight excluding hydrogens is 209 g/mol. The fraction of sp³-hybridized carbons (Fsp3) is 0.500. The summed E-state index contributed by atoms with van der Waals surface area (Å²) in [5, 5.41) is 12.6. The van der Waals surface area contributed by atoms with Gasteiger partial charge in [0.25, 0.3) is 0 Å². The van der Waals surface area contributed by atoms with Crippen LogP contribution in [0, 0.1) is 5.82 Å². The summed E-state index contributed by atoms with van der Waals surface area (Å²) < 4.78 is 17.5. The maximum absolute atomic E-state index is 12.7. The van der Waals surface area contributed by atoms with Gasteiger partial charge in [-0.15, -0.1) is 0 Å². The molecule has 0 aromatic heterocycles. The molecule has 3 nitrogen and oxygen atoms in total. The predicted molar refractivity (Wildman–Crippen MR) is 60.7 cm³/mol. The second kappa shape index (κ2) is 6.58. The number of benzene rings is 1. The average molecular weight is 227 g/mol. The van der Waals surface area contributed by atoms with Crippen LogP contribution in [0.5, 0.6) is 0 Å². The maximum Gasteiger partial charge on any atom is 0.123 e. The Bertz CT molecular complexity index is 302. The molecule has 0 bridgehead atoms. The number of hydrogen-bond acceptors (Lipinski definition) is 3. The van der Waals surface area contributed by atoms with Gasteiger partial charge in [-0.25, -0.2) is 4.39 Å². The topological polar surface area (TPSA) is 41.5 Å². The van der Waals surface area contributed by atoms with Crippen LogP contribution >= 0.6 is 0 Å². The first-order valence-electron chi connectivity index (χ1n) is 5.29. The molecule has 90 valence electrons. The summed E-state index contributed by atoms with van der Waals surface area (Å²) >= 11 is 0. The molecule has 2 N–H and O–H groups in total. The Labute approximate surface area is 95.2 Å². The van der Waals surface area contributed by atoms with E-state index in [0.29, 0.717) is 13.2 Å². The molecule has 2 unspecified atom stereocenters. The van der Waals surface area contributed by atoms with E-state index in [9.17, 15) is 9.50 Å². The number of ether oxygens (including phenoxy) is 1. The first-order valence-corrected chi connectivity index (χ1v) is 5.29. The third-order valence-corrected chi connectivity index (χ3v) is 2.39. The van der Waals surface area contributed by atoms with Crippen molar-refractivity contribution in [3.63, 3.8) is 0 Å². The molecule has 1 rings (SSSR count). The minimum atomic E-state index is -0.520. The zero-order chi connectivity index (χ0) is 12.0. The number of aliphatic hydroxyl groups is 1. The van der Waals surface area contributed by atoms with Gasteiger partial charge in [-0.3, -0.25) is 0 Å². The summed E-state index contributed by atoms with van der Waals surface area (Å²) in [7, 11) is 1.55. The Kier molecular flexibility index (Phi) is 5.38. The van der Waals surface area contributed by atoms with E-state index in [2.05, 4.69) is 5.32 Å². The highest BCUT2D eigenvalue weighted by atomic mass is 19.1. The molecule has 0 fully saturated rings. The SMILES string of the molecule is COCC(O)CNC(C)c1ccc(F)cc1. The number of methoxy groups -OCH3 is 1. The minimum Gasteiger partial charge on any atom is -0.389 e. The van der Waals surface area contributed by atoms with Crippen molar-refractivity contribution in [3.05, 3.63) is 35.6 Å². The first kappa shape index (κ1) is 13.1. The van der Waals surface area contributed by atoms with Crippen molar-refractivity contribution in [2.24, 2.45) is 0 Å². The number of hydrogen-bond donors (Lipinski definition) is 2. The van der Waals surface area contributed by atoms with Gasteiger partial charge in [0.15, 0.2) is 0 Å². The third-order valence-electron chi connectivity index (χ3n) is 2.39. The predicted octanol–water partition coefficient (Wildman–Crippen LogP) is 1.48. The zero-order valence-corrected chi connectivity index (χ0v) is 9.61.